The molecule has 0 fully saturated rings. The van der Waals surface area contributed by atoms with E-state index in [2.05, 4.69) is 9.72 Å². The van der Waals surface area contributed by atoms with Gasteiger partial charge in [0.05, 0.1) is 0 Å². The van der Waals surface area contributed by atoms with Crippen molar-refractivity contribution in [1.82, 2.24) is 4.98 Å². The molecule has 1 N–H and O–H groups in total. The third-order valence-corrected chi connectivity index (χ3v) is 1.67. The number of aromatic hydroxyl groups is 1. The van der Waals surface area contributed by atoms with E-state index >= 15 is 0 Å². The van der Waals surface area contributed by atoms with Crippen molar-refractivity contribution in [3.63, 3.8) is 0 Å². The predicted molar refractivity (Wildman–Crippen MR) is 42.4 cm³/mol. The highest BCUT2D eigenvalue weighted by molar-refractivity contribution is 5.39. The fourth-order valence-electron chi connectivity index (χ4n) is 1.03. The molecule has 0 radical (unpaired) electrons. The van der Waals surface area contributed by atoms with Crippen molar-refractivity contribution >= 4 is 0 Å². The first-order valence-corrected chi connectivity index (χ1v) is 4.16. The van der Waals surface area contributed by atoms with Gasteiger partial charge in [0.25, 0.3) is 0 Å². The Balaban J connectivity index is 3.31. The topological polar surface area (TPSA) is 42.4 Å². The fourth-order valence-corrected chi connectivity index (χ4v) is 1.03. The van der Waals surface area contributed by atoms with E-state index in [9.17, 15) is 30.7 Å². The van der Waals surface area contributed by atoms with Gasteiger partial charge < -0.3 is 9.84 Å². The molecule has 0 spiro atoms. The van der Waals surface area contributed by atoms with Crippen LogP contribution in [0.5, 0.6) is 11.6 Å². The van der Waals surface area contributed by atoms with E-state index in [1.807, 2.05) is 0 Å². The van der Waals surface area contributed by atoms with Crippen LogP contribution in [-0.4, -0.2) is 16.5 Å². The molecule has 0 unspecified atom stereocenters. The molecule has 1 rings (SSSR count). The summed E-state index contributed by atoms with van der Waals surface area (Å²) < 4.78 is 87.7. The molecule has 0 saturated heterocycles. The van der Waals surface area contributed by atoms with E-state index in [1.165, 1.54) is 0 Å². The number of pyridine rings is 1. The van der Waals surface area contributed by atoms with Crippen LogP contribution in [0.1, 0.15) is 11.3 Å². The number of ether oxygens (including phenoxy) is 1. The van der Waals surface area contributed by atoms with Crippen molar-refractivity contribution in [3.05, 3.63) is 17.3 Å². The third kappa shape index (κ3) is 3.37. The molecular weight excluding hydrogens is 275 g/mol. The van der Waals surface area contributed by atoms with Crippen LogP contribution in [0.15, 0.2) is 6.07 Å². The lowest BCUT2D eigenvalue weighted by molar-refractivity contribution is -0.276. The van der Waals surface area contributed by atoms with Gasteiger partial charge in [-0.15, -0.1) is 13.2 Å². The molecule has 0 aliphatic carbocycles. The number of halogens is 7. The average molecular weight is 279 g/mol. The maximum absolute atomic E-state index is 12.3. The molecular formula is C8H4F7NO2. The Kier molecular flexibility index (Phi) is 3.58. The molecule has 1 heterocycles. The molecule has 18 heavy (non-hydrogen) atoms. The van der Waals surface area contributed by atoms with Crippen molar-refractivity contribution in [2.24, 2.45) is 0 Å². The summed E-state index contributed by atoms with van der Waals surface area (Å²) in [5.74, 6) is -3.07. The summed E-state index contributed by atoms with van der Waals surface area (Å²) in [7, 11) is 0. The maximum atomic E-state index is 12.3. The van der Waals surface area contributed by atoms with Crippen LogP contribution in [0.4, 0.5) is 30.7 Å². The Morgan fingerprint density at radius 2 is 1.72 bits per heavy atom. The monoisotopic (exact) mass is 279 g/mol. The van der Waals surface area contributed by atoms with Crippen molar-refractivity contribution in [1.29, 1.82) is 0 Å². The minimum absolute atomic E-state index is 0.177. The van der Waals surface area contributed by atoms with Gasteiger partial charge in [0.1, 0.15) is 12.4 Å². The van der Waals surface area contributed by atoms with Gasteiger partial charge in [0, 0.05) is 5.56 Å². The van der Waals surface area contributed by atoms with Crippen LogP contribution in [-0.2, 0) is 12.9 Å². The molecule has 0 amide bonds. The van der Waals surface area contributed by atoms with Gasteiger partial charge in [-0.25, -0.2) is 9.37 Å². The predicted octanol–water partition coefficient (Wildman–Crippen LogP) is 3.17. The van der Waals surface area contributed by atoms with Gasteiger partial charge in [-0.05, 0) is 6.07 Å². The highest BCUT2D eigenvalue weighted by Crippen LogP contribution is 2.38. The van der Waals surface area contributed by atoms with E-state index in [0.717, 1.165) is 0 Å². The number of nitrogens with zero attached hydrogens (tertiary/aromatic N) is 1. The van der Waals surface area contributed by atoms with Crippen LogP contribution in [0, 0.1) is 0 Å². The van der Waals surface area contributed by atoms with Gasteiger partial charge in [-0.3, -0.25) is 0 Å². The van der Waals surface area contributed by atoms with Crippen LogP contribution in [0.2, 0.25) is 0 Å². The number of aromatic nitrogens is 1. The Bertz CT molecular complexity index is 440. The highest BCUT2D eigenvalue weighted by atomic mass is 19.4. The average Bonchev–Trinajstić information content (AvgIpc) is 2.16. The smallest absolute Gasteiger partial charge is 0.506 e. The van der Waals surface area contributed by atoms with Crippen LogP contribution >= 0.6 is 0 Å². The Morgan fingerprint density at radius 1 is 1.17 bits per heavy atom. The van der Waals surface area contributed by atoms with Gasteiger partial charge in [0.15, 0.2) is 5.69 Å². The van der Waals surface area contributed by atoms with Gasteiger partial charge >= 0.3 is 12.5 Å². The molecule has 0 aliphatic heterocycles. The largest absolute Gasteiger partial charge is 0.574 e. The SMILES string of the molecule is Oc1cc(CF)c(OC(F)(F)F)nc1C(F)(F)F. The normalized spacial score (nSPS) is 12.6. The second kappa shape index (κ2) is 4.50. The van der Waals surface area contributed by atoms with E-state index in [-0.39, 0.29) is 6.07 Å². The standard InChI is InChI=1S/C8H4F7NO2/c9-2-3-1-4(17)5(7(10,11)12)16-6(3)18-8(13,14)15/h1,17H,2H2. The number of rotatable bonds is 2. The van der Waals surface area contributed by atoms with Crippen LogP contribution in [0.25, 0.3) is 0 Å². The summed E-state index contributed by atoms with van der Waals surface area (Å²) in [6, 6.07) is 0.177. The number of alkyl halides is 7. The fraction of sp³-hybridized carbons (Fsp3) is 0.375. The van der Waals surface area contributed by atoms with Crippen LogP contribution in [0.3, 0.4) is 0 Å². The molecule has 1 aromatic rings. The van der Waals surface area contributed by atoms with Gasteiger partial charge in [-0.2, -0.15) is 13.2 Å². The zero-order valence-electron chi connectivity index (χ0n) is 8.23. The lowest BCUT2D eigenvalue weighted by atomic mass is 10.2. The lowest BCUT2D eigenvalue weighted by Gasteiger charge is -2.14. The first kappa shape index (κ1) is 14.3. The van der Waals surface area contributed by atoms with E-state index in [0.29, 0.717) is 0 Å². The van der Waals surface area contributed by atoms with Gasteiger partial charge in [-0.1, -0.05) is 0 Å². The highest BCUT2D eigenvalue weighted by Gasteiger charge is 2.39. The second-order valence-corrected chi connectivity index (χ2v) is 3.00. The third-order valence-electron chi connectivity index (χ3n) is 1.67. The lowest BCUT2D eigenvalue weighted by Crippen LogP contribution is -2.20. The zero-order valence-corrected chi connectivity index (χ0v) is 8.23. The molecule has 0 saturated carbocycles. The van der Waals surface area contributed by atoms with Crippen molar-refractivity contribution in [3.8, 4) is 11.6 Å². The summed E-state index contributed by atoms with van der Waals surface area (Å²) in [4.78, 5) is 2.44. The van der Waals surface area contributed by atoms with E-state index < -0.39 is 42.1 Å². The molecule has 3 nitrogen and oxygen atoms in total. The molecule has 0 aliphatic rings. The minimum Gasteiger partial charge on any atom is -0.506 e. The van der Waals surface area contributed by atoms with E-state index in [1.54, 1.807) is 0 Å². The first-order valence-electron chi connectivity index (χ1n) is 4.16. The maximum Gasteiger partial charge on any atom is 0.574 e. The second-order valence-electron chi connectivity index (χ2n) is 3.00. The van der Waals surface area contributed by atoms with Crippen molar-refractivity contribution < 1.29 is 40.6 Å². The summed E-state index contributed by atoms with van der Waals surface area (Å²) in [5, 5.41) is 8.89. The number of hydrogen-bond donors (Lipinski definition) is 1. The summed E-state index contributed by atoms with van der Waals surface area (Å²) >= 11 is 0. The van der Waals surface area contributed by atoms with Crippen molar-refractivity contribution in [2.75, 3.05) is 0 Å². The molecule has 0 aromatic carbocycles. The molecule has 0 atom stereocenters. The van der Waals surface area contributed by atoms with E-state index in [4.69, 9.17) is 5.11 Å². The molecule has 10 heteroatoms. The van der Waals surface area contributed by atoms with Crippen LogP contribution < -0.4 is 4.74 Å². The summed E-state index contributed by atoms with van der Waals surface area (Å²) in [6.07, 6.45) is -10.5. The minimum atomic E-state index is -5.32. The van der Waals surface area contributed by atoms with Gasteiger partial charge in [0.2, 0.25) is 5.88 Å². The quantitative estimate of drug-likeness (QED) is 0.845. The molecule has 0 bridgehead atoms. The summed E-state index contributed by atoms with van der Waals surface area (Å²) in [5.41, 5.74) is -2.93. The van der Waals surface area contributed by atoms with Crippen molar-refractivity contribution in [2.45, 2.75) is 19.2 Å². The number of hydrogen-bond acceptors (Lipinski definition) is 3. The first-order chi connectivity index (χ1) is 8.04. The Hall–Kier alpha value is -1.74. The Morgan fingerprint density at radius 3 is 2.11 bits per heavy atom. The zero-order chi connectivity index (χ0) is 14.1. The Labute approximate surface area is 94.8 Å². The molecule has 1 aromatic heterocycles. The summed E-state index contributed by atoms with van der Waals surface area (Å²) in [6.45, 7) is -1.58. The molecule has 102 valence electrons.